The molecule has 0 N–H and O–H groups in total. The number of aryl methyl sites for hydroxylation is 1. The van der Waals surface area contributed by atoms with Gasteiger partial charge in [0.15, 0.2) is 9.84 Å². The van der Waals surface area contributed by atoms with E-state index in [2.05, 4.69) is 4.98 Å². The van der Waals surface area contributed by atoms with Crippen LogP contribution in [0.3, 0.4) is 0 Å². The van der Waals surface area contributed by atoms with E-state index >= 15 is 0 Å². The zero-order valence-corrected chi connectivity index (χ0v) is 12.7. The first kappa shape index (κ1) is 15.3. The van der Waals surface area contributed by atoms with E-state index in [1.165, 1.54) is 0 Å². The van der Waals surface area contributed by atoms with Crippen molar-refractivity contribution in [1.82, 2.24) is 14.5 Å². The van der Waals surface area contributed by atoms with Crippen molar-refractivity contribution in [3.63, 3.8) is 0 Å². The van der Waals surface area contributed by atoms with Crippen molar-refractivity contribution in [2.75, 3.05) is 23.9 Å². The number of hydrogen-bond acceptors (Lipinski definition) is 4. The number of sulfone groups is 1. The minimum absolute atomic E-state index is 0.0563. The highest BCUT2D eigenvalue weighted by Gasteiger charge is 2.33. The molecule has 1 atom stereocenters. The number of carbonyl (C=O) groups excluding carboxylic acids is 1. The molecule has 0 radical (unpaired) electrons. The molecule has 2 rings (SSSR count). The molecule has 1 aliphatic rings. The molecule has 20 heavy (non-hydrogen) atoms. The maximum Gasteiger partial charge on any atom is 0.237 e. The minimum Gasteiger partial charge on any atom is -0.338 e. The molecule has 0 aliphatic carbocycles. The molecule has 0 bridgehead atoms. The van der Waals surface area contributed by atoms with Gasteiger partial charge in [-0.25, -0.2) is 13.4 Å². The second kappa shape index (κ2) is 6.58. The van der Waals surface area contributed by atoms with E-state index in [1.807, 2.05) is 10.8 Å². The number of nitrogens with zero attached hydrogens (tertiary/aromatic N) is 3. The molecule has 6 nitrogen and oxygen atoms in total. The van der Waals surface area contributed by atoms with E-state index in [-0.39, 0.29) is 29.3 Å². The van der Waals surface area contributed by atoms with Crippen LogP contribution in [0.4, 0.5) is 0 Å². The van der Waals surface area contributed by atoms with E-state index in [4.69, 9.17) is 11.6 Å². The molecule has 1 aromatic heterocycles. The lowest BCUT2D eigenvalue weighted by Crippen LogP contribution is -2.42. The molecular weight excluding hydrogens is 302 g/mol. The fourth-order valence-corrected chi connectivity index (χ4v) is 4.34. The van der Waals surface area contributed by atoms with Crippen LogP contribution >= 0.6 is 11.6 Å². The van der Waals surface area contributed by atoms with Gasteiger partial charge in [-0.15, -0.1) is 11.6 Å². The standard InChI is InChI=1S/C12H18ClN3O3S/c13-8-12(17)16(11-2-7-20(18,19)9-11)5-1-4-15-6-3-14-10-15/h3,6,10-11H,1-2,4-5,7-9H2. The molecule has 1 fully saturated rings. The van der Waals surface area contributed by atoms with Crippen molar-refractivity contribution < 1.29 is 13.2 Å². The molecule has 1 saturated heterocycles. The highest BCUT2D eigenvalue weighted by molar-refractivity contribution is 7.91. The van der Waals surface area contributed by atoms with Gasteiger partial charge in [0.1, 0.15) is 5.88 Å². The van der Waals surface area contributed by atoms with Gasteiger partial charge in [0.05, 0.1) is 17.8 Å². The maximum absolute atomic E-state index is 11.9. The number of aromatic nitrogens is 2. The number of hydrogen-bond donors (Lipinski definition) is 0. The molecule has 8 heteroatoms. The predicted octanol–water partition coefficient (Wildman–Crippen LogP) is 0.528. The van der Waals surface area contributed by atoms with E-state index in [0.717, 1.165) is 13.0 Å². The fraction of sp³-hybridized carbons (Fsp3) is 0.667. The van der Waals surface area contributed by atoms with Gasteiger partial charge < -0.3 is 9.47 Å². The van der Waals surface area contributed by atoms with Gasteiger partial charge >= 0.3 is 0 Å². The molecule has 1 unspecified atom stereocenters. The molecule has 112 valence electrons. The van der Waals surface area contributed by atoms with Crippen LogP contribution in [-0.2, 0) is 21.2 Å². The third-order valence-electron chi connectivity index (χ3n) is 3.46. The van der Waals surface area contributed by atoms with Crippen molar-refractivity contribution >= 4 is 27.3 Å². The van der Waals surface area contributed by atoms with Crippen LogP contribution in [-0.4, -0.2) is 58.7 Å². The molecule has 0 saturated carbocycles. The Hall–Kier alpha value is -1.08. The summed E-state index contributed by atoms with van der Waals surface area (Å²) in [4.78, 5) is 17.5. The second-order valence-corrected chi connectivity index (χ2v) is 7.43. The van der Waals surface area contributed by atoms with Crippen LogP contribution in [0, 0.1) is 0 Å². The summed E-state index contributed by atoms with van der Waals surface area (Å²) in [5, 5.41) is 0. The van der Waals surface area contributed by atoms with Gasteiger partial charge in [-0.2, -0.15) is 0 Å². The lowest BCUT2D eigenvalue weighted by atomic mass is 10.2. The topological polar surface area (TPSA) is 72.3 Å². The number of alkyl halides is 1. The van der Waals surface area contributed by atoms with Crippen LogP contribution in [0.5, 0.6) is 0 Å². The SMILES string of the molecule is O=C(CCl)N(CCCn1ccnc1)C1CCS(=O)(=O)C1. The first-order chi connectivity index (χ1) is 9.52. The van der Waals surface area contributed by atoms with Crippen LogP contribution in [0.15, 0.2) is 18.7 Å². The average molecular weight is 320 g/mol. The van der Waals surface area contributed by atoms with Crippen LogP contribution < -0.4 is 0 Å². The van der Waals surface area contributed by atoms with Crippen molar-refractivity contribution in [1.29, 1.82) is 0 Å². The molecule has 1 aliphatic heterocycles. The van der Waals surface area contributed by atoms with Gasteiger partial charge in [-0.05, 0) is 12.8 Å². The van der Waals surface area contributed by atoms with Gasteiger partial charge in [-0.1, -0.05) is 0 Å². The molecule has 2 heterocycles. The summed E-state index contributed by atoms with van der Waals surface area (Å²) in [7, 11) is -3.00. The third-order valence-corrected chi connectivity index (χ3v) is 5.44. The quantitative estimate of drug-likeness (QED) is 0.717. The molecule has 1 aromatic rings. The number of amides is 1. The number of halogens is 1. The highest BCUT2D eigenvalue weighted by atomic mass is 35.5. The zero-order valence-electron chi connectivity index (χ0n) is 11.1. The highest BCUT2D eigenvalue weighted by Crippen LogP contribution is 2.18. The Kier molecular flexibility index (Phi) is 5.04. The summed E-state index contributed by atoms with van der Waals surface area (Å²) in [5.74, 6) is -0.0903. The van der Waals surface area contributed by atoms with Crippen LogP contribution in [0.25, 0.3) is 0 Å². The van der Waals surface area contributed by atoms with E-state index in [1.54, 1.807) is 17.4 Å². The summed E-state index contributed by atoms with van der Waals surface area (Å²) in [6.07, 6.45) is 6.53. The first-order valence-electron chi connectivity index (χ1n) is 6.53. The van der Waals surface area contributed by atoms with Crippen molar-refractivity contribution in [2.45, 2.75) is 25.4 Å². The Balaban J connectivity index is 1.92. The maximum atomic E-state index is 11.9. The molecule has 1 amide bonds. The summed E-state index contributed by atoms with van der Waals surface area (Å²) in [6, 6.07) is -0.228. The second-order valence-electron chi connectivity index (χ2n) is 4.93. The zero-order chi connectivity index (χ0) is 14.6. The van der Waals surface area contributed by atoms with Crippen LogP contribution in [0.1, 0.15) is 12.8 Å². The number of rotatable bonds is 6. The predicted molar refractivity (Wildman–Crippen MR) is 76.3 cm³/mol. The molecule has 0 aromatic carbocycles. The molecule has 0 spiro atoms. The largest absolute Gasteiger partial charge is 0.338 e. The lowest BCUT2D eigenvalue weighted by molar-refractivity contribution is -0.130. The Morgan fingerprint density at radius 3 is 2.85 bits per heavy atom. The molecular formula is C12H18ClN3O3S. The summed E-state index contributed by atoms with van der Waals surface area (Å²) < 4.78 is 25.0. The summed E-state index contributed by atoms with van der Waals surface area (Å²) in [5.41, 5.74) is 0. The van der Waals surface area contributed by atoms with Crippen molar-refractivity contribution in [2.24, 2.45) is 0 Å². The monoisotopic (exact) mass is 319 g/mol. The number of imidazole rings is 1. The Labute approximate surface area is 123 Å². The Morgan fingerprint density at radius 1 is 1.50 bits per heavy atom. The average Bonchev–Trinajstić information content (AvgIpc) is 3.03. The van der Waals surface area contributed by atoms with Crippen LogP contribution in [0.2, 0.25) is 0 Å². The van der Waals surface area contributed by atoms with E-state index in [9.17, 15) is 13.2 Å². The van der Waals surface area contributed by atoms with E-state index in [0.29, 0.717) is 13.0 Å². The normalized spacial score (nSPS) is 20.9. The third kappa shape index (κ3) is 3.96. The lowest BCUT2D eigenvalue weighted by Gasteiger charge is -2.27. The minimum atomic E-state index is -3.00. The Bertz CT molecular complexity index is 544. The van der Waals surface area contributed by atoms with Gasteiger partial charge in [0, 0.05) is 31.5 Å². The van der Waals surface area contributed by atoms with Crippen molar-refractivity contribution in [3.05, 3.63) is 18.7 Å². The first-order valence-corrected chi connectivity index (χ1v) is 8.89. The number of carbonyl (C=O) groups is 1. The fourth-order valence-electron chi connectivity index (χ4n) is 2.45. The smallest absolute Gasteiger partial charge is 0.237 e. The van der Waals surface area contributed by atoms with Gasteiger partial charge in [0.2, 0.25) is 5.91 Å². The van der Waals surface area contributed by atoms with Gasteiger partial charge in [0.25, 0.3) is 0 Å². The Morgan fingerprint density at radius 2 is 2.30 bits per heavy atom. The van der Waals surface area contributed by atoms with Crippen molar-refractivity contribution in [3.8, 4) is 0 Å². The van der Waals surface area contributed by atoms with E-state index < -0.39 is 9.84 Å². The summed E-state index contributed by atoms with van der Waals surface area (Å²) >= 11 is 5.62. The summed E-state index contributed by atoms with van der Waals surface area (Å²) in [6.45, 7) is 1.26. The van der Waals surface area contributed by atoms with Gasteiger partial charge in [-0.3, -0.25) is 4.79 Å².